The Kier molecular flexibility index (Phi) is 5.04. The fourth-order valence-electron chi connectivity index (χ4n) is 3.95. The van der Waals surface area contributed by atoms with E-state index in [1.54, 1.807) is 19.5 Å². The third-order valence-electron chi connectivity index (χ3n) is 5.02. The molecule has 0 amide bonds. The zero-order valence-electron chi connectivity index (χ0n) is 12.9. The van der Waals surface area contributed by atoms with Gasteiger partial charge in [-0.15, -0.1) is 0 Å². The van der Waals surface area contributed by atoms with E-state index in [4.69, 9.17) is 4.74 Å². The fraction of sp³-hybridized carbons (Fsp3) is 0.750. The van der Waals surface area contributed by atoms with E-state index in [1.165, 1.54) is 32.4 Å². The first-order valence-electron chi connectivity index (χ1n) is 8.09. The van der Waals surface area contributed by atoms with E-state index in [-0.39, 0.29) is 0 Å². The number of nitrogens with zero attached hydrogens (tertiary/aromatic N) is 3. The molecule has 2 fully saturated rings. The van der Waals surface area contributed by atoms with Crippen LogP contribution in [-0.2, 0) is 4.74 Å². The van der Waals surface area contributed by atoms with Crippen molar-refractivity contribution in [3.05, 3.63) is 18.5 Å². The summed E-state index contributed by atoms with van der Waals surface area (Å²) < 4.78 is 5.22. The smallest absolute Gasteiger partial charge is 0.222 e. The minimum absolute atomic E-state index is 0.750. The molecule has 0 unspecified atom stereocenters. The van der Waals surface area contributed by atoms with E-state index in [1.807, 2.05) is 6.07 Å². The normalized spacial score (nSPS) is 29.3. The van der Waals surface area contributed by atoms with Gasteiger partial charge in [0.1, 0.15) is 0 Å². The molecule has 5 nitrogen and oxygen atoms in total. The van der Waals surface area contributed by atoms with Crippen LogP contribution in [0.3, 0.4) is 0 Å². The van der Waals surface area contributed by atoms with Gasteiger partial charge in [0.2, 0.25) is 5.95 Å². The molecular formula is C16H26N4O. The van der Waals surface area contributed by atoms with Gasteiger partial charge < -0.3 is 15.0 Å². The minimum Gasteiger partial charge on any atom is -0.383 e. The van der Waals surface area contributed by atoms with Gasteiger partial charge in [-0.2, -0.15) is 0 Å². The van der Waals surface area contributed by atoms with Crippen LogP contribution in [0, 0.1) is 17.8 Å². The average molecular weight is 290 g/mol. The van der Waals surface area contributed by atoms with E-state index in [0.717, 1.165) is 43.4 Å². The molecule has 0 bridgehead atoms. The highest BCUT2D eigenvalue weighted by Crippen LogP contribution is 2.39. The van der Waals surface area contributed by atoms with Crippen molar-refractivity contribution in [3.8, 4) is 0 Å². The third kappa shape index (κ3) is 3.71. The topological polar surface area (TPSA) is 50.3 Å². The fourth-order valence-corrected chi connectivity index (χ4v) is 3.95. The van der Waals surface area contributed by atoms with Crippen LogP contribution >= 0.6 is 0 Å². The van der Waals surface area contributed by atoms with Gasteiger partial charge in [-0.3, -0.25) is 0 Å². The highest BCUT2D eigenvalue weighted by atomic mass is 16.5. The van der Waals surface area contributed by atoms with E-state index in [2.05, 4.69) is 20.2 Å². The number of rotatable bonds is 6. The number of methoxy groups -OCH3 is 1. The highest BCUT2D eigenvalue weighted by molar-refractivity contribution is 5.22. The predicted octanol–water partition coefficient (Wildman–Crippen LogP) is 1.88. The Balaban J connectivity index is 1.53. The Bertz CT molecular complexity index is 428. The van der Waals surface area contributed by atoms with Gasteiger partial charge in [-0.25, -0.2) is 9.97 Å². The Morgan fingerprint density at radius 3 is 2.95 bits per heavy atom. The van der Waals surface area contributed by atoms with E-state index in [9.17, 15) is 0 Å². The molecule has 1 aliphatic heterocycles. The number of anilines is 1. The molecule has 116 valence electrons. The van der Waals surface area contributed by atoms with E-state index < -0.39 is 0 Å². The number of aromatic nitrogens is 2. The van der Waals surface area contributed by atoms with Crippen molar-refractivity contribution in [1.29, 1.82) is 0 Å². The Morgan fingerprint density at radius 1 is 1.29 bits per heavy atom. The Hall–Kier alpha value is -1.20. The van der Waals surface area contributed by atoms with Crippen molar-refractivity contribution in [1.82, 2.24) is 14.9 Å². The van der Waals surface area contributed by atoms with Crippen molar-refractivity contribution in [2.75, 3.05) is 45.2 Å². The van der Waals surface area contributed by atoms with Gasteiger partial charge in [0.25, 0.3) is 0 Å². The maximum Gasteiger partial charge on any atom is 0.222 e. The monoisotopic (exact) mass is 290 g/mol. The third-order valence-corrected chi connectivity index (χ3v) is 5.02. The molecule has 1 aromatic heterocycles. The average Bonchev–Trinajstić information content (AvgIpc) is 2.95. The molecule has 21 heavy (non-hydrogen) atoms. The maximum atomic E-state index is 5.22. The van der Waals surface area contributed by atoms with Crippen molar-refractivity contribution >= 4 is 5.95 Å². The van der Waals surface area contributed by atoms with Crippen LogP contribution < -0.4 is 5.32 Å². The molecule has 1 saturated carbocycles. The summed E-state index contributed by atoms with van der Waals surface area (Å²) in [4.78, 5) is 11.1. The van der Waals surface area contributed by atoms with Gasteiger partial charge in [0.05, 0.1) is 6.61 Å². The lowest BCUT2D eigenvalue weighted by atomic mass is 9.74. The van der Waals surface area contributed by atoms with E-state index >= 15 is 0 Å². The van der Waals surface area contributed by atoms with Crippen molar-refractivity contribution in [2.45, 2.75) is 19.3 Å². The number of nitrogens with one attached hydrogen (secondary N) is 1. The molecule has 2 aliphatic rings. The van der Waals surface area contributed by atoms with Crippen molar-refractivity contribution < 1.29 is 4.74 Å². The van der Waals surface area contributed by atoms with Gasteiger partial charge in [-0.1, -0.05) is 6.42 Å². The van der Waals surface area contributed by atoms with Gasteiger partial charge in [0.15, 0.2) is 0 Å². The van der Waals surface area contributed by atoms with Gasteiger partial charge >= 0.3 is 0 Å². The van der Waals surface area contributed by atoms with Crippen LogP contribution in [0.1, 0.15) is 19.3 Å². The summed E-state index contributed by atoms with van der Waals surface area (Å²) in [6.45, 7) is 5.41. The van der Waals surface area contributed by atoms with Crippen molar-refractivity contribution in [2.24, 2.45) is 17.8 Å². The first-order chi connectivity index (χ1) is 10.4. The summed E-state index contributed by atoms with van der Waals surface area (Å²) >= 11 is 0. The summed E-state index contributed by atoms with van der Waals surface area (Å²) in [6.07, 6.45) is 7.68. The standard InChI is InChI=1S/C16H26N4O/c1-21-9-8-20-11-14-5-2-4-13(15(14)12-20)10-19-16-17-6-3-7-18-16/h3,6-7,13-15H,2,4-5,8-12H2,1H3,(H,17,18,19)/t13-,14+,15+/m1/s1. The SMILES string of the molecule is COCCN1C[C@@H]2CCC[C@H](CNc3ncccn3)[C@@H]2C1. The van der Waals surface area contributed by atoms with Crippen molar-refractivity contribution in [3.63, 3.8) is 0 Å². The highest BCUT2D eigenvalue weighted by Gasteiger charge is 2.39. The Morgan fingerprint density at radius 2 is 2.14 bits per heavy atom. The predicted molar refractivity (Wildman–Crippen MR) is 83.2 cm³/mol. The maximum absolute atomic E-state index is 5.22. The van der Waals surface area contributed by atoms with Gasteiger partial charge in [0, 0.05) is 45.7 Å². The number of likely N-dealkylation sites (tertiary alicyclic amines) is 1. The van der Waals surface area contributed by atoms with Crippen LogP contribution in [0.5, 0.6) is 0 Å². The lowest BCUT2D eigenvalue weighted by molar-refractivity contribution is 0.156. The zero-order valence-corrected chi connectivity index (χ0v) is 12.9. The molecule has 0 aromatic carbocycles. The number of fused-ring (bicyclic) bond motifs is 1. The van der Waals surface area contributed by atoms with Crippen LogP contribution in [0.4, 0.5) is 5.95 Å². The first kappa shape index (κ1) is 14.7. The molecule has 1 aliphatic carbocycles. The van der Waals surface area contributed by atoms with Crippen LogP contribution in [0.25, 0.3) is 0 Å². The van der Waals surface area contributed by atoms with Crippen LogP contribution in [0.2, 0.25) is 0 Å². The second-order valence-electron chi connectivity index (χ2n) is 6.32. The first-order valence-corrected chi connectivity index (χ1v) is 8.09. The summed E-state index contributed by atoms with van der Waals surface area (Å²) in [5.41, 5.74) is 0. The number of hydrogen-bond acceptors (Lipinski definition) is 5. The molecule has 3 atom stereocenters. The van der Waals surface area contributed by atoms with Crippen LogP contribution in [-0.4, -0.2) is 54.8 Å². The number of ether oxygens (including phenoxy) is 1. The van der Waals surface area contributed by atoms with E-state index in [0.29, 0.717) is 0 Å². The molecule has 1 N–H and O–H groups in total. The lowest BCUT2D eigenvalue weighted by Gasteiger charge is -2.33. The molecule has 2 heterocycles. The second kappa shape index (κ2) is 7.18. The minimum atomic E-state index is 0.750. The summed E-state index contributed by atoms with van der Waals surface area (Å²) in [5.74, 6) is 3.21. The number of hydrogen-bond donors (Lipinski definition) is 1. The molecule has 0 radical (unpaired) electrons. The molecular weight excluding hydrogens is 264 g/mol. The summed E-state index contributed by atoms with van der Waals surface area (Å²) in [6, 6.07) is 1.85. The summed E-state index contributed by atoms with van der Waals surface area (Å²) in [7, 11) is 1.79. The molecule has 3 rings (SSSR count). The molecule has 5 heteroatoms. The molecule has 1 aromatic rings. The Labute approximate surface area is 127 Å². The quantitative estimate of drug-likeness (QED) is 0.867. The van der Waals surface area contributed by atoms with Gasteiger partial charge in [-0.05, 0) is 36.7 Å². The molecule has 1 saturated heterocycles. The lowest BCUT2D eigenvalue weighted by Crippen LogP contribution is -2.32. The largest absolute Gasteiger partial charge is 0.383 e. The second-order valence-corrected chi connectivity index (χ2v) is 6.32. The van der Waals surface area contributed by atoms with Crippen LogP contribution in [0.15, 0.2) is 18.5 Å². The summed E-state index contributed by atoms with van der Waals surface area (Å²) in [5, 5.41) is 3.42. The molecule has 0 spiro atoms. The zero-order chi connectivity index (χ0) is 14.5.